The van der Waals surface area contributed by atoms with Crippen molar-refractivity contribution in [2.24, 2.45) is 0 Å². The molecule has 10 aromatic rings. The van der Waals surface area contributed by atoms with E-state index in [1.54, 1.807) is 0 Å². The number of halogens is 24. The summed E-state index contributed by atoms with van der Waals surface area (Å²) in [6.45, 7) is 0.328. The molecular formula is C59H30BF24NO. The summed E-state index contributed by atoms with van der Waals surface area (Å²) in [7, 11) is 0. The maximum Gasteiger partial charge on any atom is 0.416 e. The first kappa shape index (κ1) is 62.0. The Morgan fingerprint density at radius 3 is 0.942 bits per heavy atom. The summed E-state index contributed by atoms with van der Waals surface area (Å²) < 4.78 is 343. The summed E-state index contributed by atoms with van der Waals surface area (Å²) in [6, 6.07) is 20.4. The maximum absolute atomic E-state index is 14.2. The Morgan fingerprint density at radius 1 is 0.314 bits per heavy atom. The van der Waals surface area contributed by atoms with Crippen LogP contribution in [0.1, 0.15) is 54.9 Å². The van der Waals surface area contributed by atoms with Crippen molar-refractivity contribution in [3.8, 4) is 0 Å². The van der Waals surface area contributed by atoms with Crippen LogP contribution in [0.25, 0.3) is 43.1 Å². The first-order chi connectivity index (χ1) is 39.5. The minimum absolute atomic E-state index is 0.128. The molecular weight excluding hydrogens is 1210 g/mol. The Bertz CT molecular complexity index is 3790. The average molecular weight is 1240 g/mol. The summed E-state index contributed by atoms with van der Waals surface area (Å²) in [4.78, 5) is 13.3. The number of Topliss-reactive ketones (excluding diaryl/α,β-unsaturated/α-hetero) is 1. The van der Waals surface area contributed by atoms with Crippen LogP contribution in [0.15, 0.2) is 170 Å². The molecule has 0 unspecified atom stereocenters. The first-order valence-electron chi connectivity index (χ1n) is 24.5. The highest BCUT2D eigenvalue weighted by atomic mass is 19.4. The number of rotatable bonds is 7. The van der Waals surface area contributed by atoms with Gasteiger partial charge in [-0.05, 0) is 74.1 Å². The van der Waals surface area contributed by atoms with E-state index in [0.29, 0.717) is 6.54 Å². The highest BCUT2D eigenvalue weighted by Gasteiger charge is 2.47. The van der Waals surface area contributed by atoms with Gasteiger partial charge in [0.2, 0.25) is 12.3 Å². The summed E-state index contributed by atoms with van der Waals surface area (Å²) in [5.41, 5.74) is -29.4. The molecule has 0 spiro atoms. The van der Waals surface area contributed by atoms with Crippen LogP contribution in [-0.4, -0.2) is 11.9 Å². The molecule has 27 heteroatoms. The molecule has 0 saturated heterocycles. The topological polar surface area (TPSA) is 20.9 Å². The molecule has 86 heavy (non-hydrogen) atoms. The quantitative estimate of drug-likeness (QED) is 0.0512. The van der Waals surface area contributed by atoms with E-state index in [0.717, 1.165) is 16.3 Å². The largest absolute Gasteiger partial charge is 0.416 e. The first-order valence-corrected chi connectivity index (χ1v) is 24.5. The molecule has 10 rings (SSSR count). The third-order valence-electron chi connectivity index (χ3n) is 14.3. The smallest absolute Gasteiger partial charge is 0.287 e. The van der Waals surface area contributed by atoms with Gasteiger partial charge in [0.25, 0.3) is 0 Å². The van der Waals surface area contributed by atoms with Crippen molar-refractivity contribution in [1.29, 1.82) is 0 Å². The van der Waals surface area contributed by atoms with E-state index in [1.807, 2.05) is 35.2 Å². The number of alkyl halides is 24. The number of carbonyl (C=O) groups is 1. The fourth-order valence-electron chi connectivity index (χ4n) is 10.6. The fraction of sp³-hybridized carbons (Fsp3) is 0.153. The minimum Gasteiger partial charge on any atom is -0.287 e. The average Bonchev–Trinajstić information content (AvgIpc) is 2.74. The molecule has 448 valence electrons. The van der Waals surface area contributed by atoms with E-state index in [4.69, 9.17) is 0 Å². The van der Waals surface area contributed by atoms with Crippen LogP contribution in [0.5, 0.6) is 0 Å². The van der Waals surface area contributed by atoms with E-state index >= 15 is 0 Å². The molecule has 0 fully saturated rings. The van der Waals surface area contributed by atoms with Crippen LogP contribution >= 0.6 is 0 Å². The summed E-state index contributed by atoms with van der Waals surface area (Å²) in [5.74, 6) is 0.128. The monoisotopic (exact) mass is 1240 g/mol. The lowest BCUT2D eigenvalue weighted by Crippen LogP contribution is -2.75. The zero-order chi connectivity index (χ0) is 63.3. The van der Waals surface area contributed by atoms with Gasteiger partial charge in [-0.1, -0.05) is 115 Å². The standard InChI is InChI=1S/C32H12BF24.C27H18NO/c34-25(35,36)13-1-14(26(37,38)39)6-21(5-13)33(22-7-15(27(40,41)42)2-16(8-22)28(43,44)45,23-9-17(29(46,47)48)3-18(10-23)30(49,50)51)24-11-19(31(52,53)54)4-20(12-24)32(55,56)57;29-25(17-28-15-14-18-4-1-2-5-22(18)16-28)23-12-10-21-9-8-19-6-3-7-20-11-13-24(23)27(21)26(19)20/h1-12H;1-16H,17H2/q-1;+1. The normalized spacial score (nSPS) is 13.4. The Morgan fingerprint density at radius 2 is 0.605 bits per heavy atom. The van der Waals surface area contributed by atoms with Crippen molar-refractivity contribution in [2.45, 2.75) is 56.0 Å². The Labute approximate surface area is 466 Å². The molecule has 1 heterocycles. The van der Waals surface area contributed by atoms with Crippen LogP contribution < -0.4 is 26.4 Å². The van der Waals surface area contributed by atoms with E-state index in [1.165, 1.54) is 32.3 Å². The number of benzene rings is 9. The van der Waals surface area contributed by atoms with E-state index in [2.05, 4.69) is 66.7 Å². The molecule has 0 N–H and O–H groups in total. The summed E-state index contributed by atoms with van der Waals surface area (Å²) >= 11 is 0. The highest BCUT2D eigenvalue weighted by molar-refractivity contribution is 7.20. The number of ketones is 1. The number of carbonyl (C=O) groups excluding carboxylic acids is 1. The van der Waals surface area contributed by atoms with Gasteiger partial charge in [0.05, 0.1) is 44.5 Å². The second-order valence-corrected chi connectivity index (χ2v) is 19.9. The lowest BCUT2D eigenvalue weighted by molar-refractivity contribution is -0.681. The SMILES string of the molecule is FC(F)(F)c1cc([B-](c2cc(C(F)(F)F)cc(C(F)(F)F)c2)(c2cc(C(F)(F)F)cc(C(F)(F)F)c2)c2cc(C(F)(F)F)cc(C(F)(F)F)c2)cc(C(F)(F)F)c1.O=C(C[n+]1ccc2ccccc2c1)c1ccc2ccc3cccc4ccc1c2c34. The maximum atomic E-state index is 14.2. The Balaban J connectivity index is 0.000000251. The van der Waals surface area contributed by atoms with Crippen molar-refractivity contribution in [3.63, 3.8) is 0 Å². The van der Waals surface area contributed by atoms with Crippen molar-refractivity contribution >= 4 is 76.9 Å². The molecule has 0 atom stereocenters. The van der Waals surface area contributed by atoms with Crippen molar-refractivity contribution < 1.29 is 115 Å². The van der Waals surface area contributed by atoms with Crippen LogP contribution in [0, 0.1) is 0 Å². The number of pyridine rings is 1. The number of hydrogen-bond donors (Lipinski definition) is 0. The molecule has 0 radical (unpaired) electrons. The van der Waals surface area contributed by atoms with Crippen molar-refractivity contribution in [3.05, 3.63) is 220 Å². The van der Waals surface area contributed by atoms with Crippen LogP contribution in [-0.2, 0) is 56.0 Å². The molecule has 9 aromatic carbocycles. The molecule has 0 aliphatic rings. The number of fused-ring (bicyclic) bond motifs is 1. The number of hydrogen-bond acceptors (Lipinski definition) is 1. The van der Waals surface area contributed by atoms with Crippen molar-refractivity contribution in [2.75, 3.05) is 0 Å². The zero-order valence-electron chi connectivity index (χ0n) is 42.4. The van der Waals surface area contributed by atoms with Gasteiger partial charge in [0, 0.05) is 17.0 Å². The van der Waals surface area contributed by atoms with E-state index in [9.17, 15) is 110 Å². The minimum atomic E-state index is -6.13. The molecule has 0 aliphatic heterocycles. The third kappa shape index (κ3) is 12.3. The number of nitrogens with zero attached hydrogens (tertiary/aromatic N) is 1. The second kappa shape index (κ2) is 21.2. The van der Waals surface area contributed by atoms with Gasteiger partial charge >= 0.3 is 49.4 Å². The summed E-state index contributed by atoms with van der Waals surface area (Å²) in [6.07, 6.45) is -50.8. The molecule has 1 aromatic heterocycles. The summed E-state index contributed by atoms with van der Waals surface area (Å²) in [5, 5.41) is 9.41. The molecule has 0 aliphatic carbocycles. The van der Waals surface area contributed by atoms with Crippen molar-refractivity contribution in [1.82, 2.24) is 0 Å². The van der Waals surface area contributed by atoms with Gasteiger partial charge in [-0.2, -0.15) is 132 Å². The Hall–Kier alpha value is -8.52. The lowest BCUT2D eigenvalue weighted by atomic mass is 9.12. The van der Waals surface area contributed by atoms with Gasteiger partial charge in [0.1, 0.15) is 6.15 Å². The second-order valence-electron chi connectivity index (χ2n) is 19.9. The van der Waals surface area contributed by atoms with Gasteiger partial charge in [-0.25, -0.2) is 0 Å². The fourth-order valence-corrected chi connectivity index (χ4v) is 10.6. The van der Waals surface area contributed by atoms with E-state index in [-0.39, 0.29) is 5.78 Å². The predicted octanol–water partition coefficient (Wildman–Crippen LogP) is 17.1. The molecule has 0 amide bonds. The lowest BCUT2D eigenvalue weighted by Gasteiger charge is -2.46. The van der Waals surface area contributed by atoms with Gasteiger partial charge in [0.15, 0.2) is 12.4 Å². The van der Waals surface area contributed by atoms with Crippen LogP contribution in [0.4, 0.5) is 105 Å². The predicted molar refractivity (Wildman–Crippen MR) is 269 cm³/mol. The highest BCUT2D eigenvalue weighted by Crippen LogP contribution is 2.42. The van der Waals surface area contributed by atoms with Crippen LogP contribution in [0.2, 0.25) is 0 Å². The third-order valence-corrected chi connectivity index (χ3v) is 14.3. The Kier molecular flexibility index (Phi) is 15.3. The van der Waals surface area contributed by atoms with Gasteiger partial charge in [-0.3, -0.25) is 4.79 Å². The van der Waals surface area contributed by atoms with Crippen LogP contribution in [0.3, 0.4) is 0 Å². The van der Waals surface area contributed by atoms with Gasteiger partial charge < -0.3 is 0 Å². The molecule has 0 bridgehead atoms. The molecule has 0 saturated carbocycles. The van der Waals surface area contributed by atoms with E-state index < -0.39 is 195 Å². The number of aromatic nitrogens is 1. The zero-order valence-corrected chi connectivity index (χ0v) is 42.4. The van der Waals surface area contributed by atoms with Gasteiger partial charge in [-0.15, -0.1) is 0 Å². The molecule has 2 nitrogen and oxygen atoms in total.